The first kappa shape index (κ1) is 46.9. The van der Waals surface area contributed by atoms with Gasteiger partial charge in [0.2, 0.25) is 0 Å². The van der Waals surface area contributed by atoms with Crippen LogP contribution in [0.15, 0.2) is 264 Å². The molecule has 82 heavy (non-hydrogen) atoms. The minimum Gasteiger partial charge on any atom is -0.454 e. The third kappa shape index (κ3) is 6.54. The average Bonchev–Trinajstić information content (AvgIpc) is 2.42. The first-order chi connectivity index (χ1) is 40.2. The topological polar surface area (TPSA) is 32.8 Å². The van der Waals surface area contributed by atoms with Crippen LogP contribution >= 0.6 is 0 Å². The van der Waals surface area contributed by atoms with E-state index in [1.165, 1.54) is 87.4 Å². The van der Waals surface area contributed by atoms with E-state index in [4.69, 9.17) is 8.83 Å². The van der Waals surface area contributed by atoms with Gasteiger partial charge in [0, 0.05) is 44.3 Å². The Hall–Kier alpha value is -9.94. The quantitative estimate of drug-likeness (QED) is 0.149. The van der Waals surface area contributed by atoms with Crippen LogP contribution in [0, 0.1) is 6.92 Å². The lowest BCUT2D eigenvalue weighted by molar-refractivity contribution is 0.666. The summed E-state index contributed by atoms with van der Waals surface area (Å²) in [5, 5.41) is 13.1. The van der Waals surface area contributed by atoms with Crippen molar-refractivity contribution in [2.24, 2.45) is 0 Å². The highest BCUT2D eigenvalue weighted by molar-refractivity contribution is 6.90. The summed E-state index contributed by atoms with van der Waals surface area (Å²) in [6.07, 6.45) is 0. The molecule has 0 aliphatic heterocycles. The maximum absolute atomic E-state index is 7.13. The van der Waals surface area contributed by atoms with Gasteiger partial charge in [0.25, 0.3) is 0 Å². The molecule has 1 unspecified atom stereocenters. The highest BCUT2D eigenvalue weighted by atomic mass is 28.3. The van der Waals surface area contributed by atoms with Crippen LogP contribution in [0.5, 0.6) is 0 Å². The molecule has 0 bridgehead atoms. The van der Waals surface area contributed by atoms with Crippen molar-refractivity contribution < 1.29 is 8.83 Å². The molecule has 2 aliphatic rings. The van der Waals surface area contributed by atoms with Crippen molar-refractivity contribution in [1.82, 2.24) is 0 Å². The van der Waals surface area contributed by atoms with E-state index in [1.807, 2.05) is 0 Å². The van der Waals surface area contributed by atoms with Crippen LogP contribution in [0.3, 0.4) is 0 Å². The second-order valence-corrected chi connectivity index (χ2v) is 28.6. The van der Waals surface area contributed by atoms with Gasteiger partial charge in [0.1, 0.15) is 11.2 Å². The number of furan rings is 2. The van der Waals surface area contributed by atoms with Gasteiger partial charge in [0.15, 0.2) is 11.2 Å². The van der Waals surface area contributed by atoms with Gasteiger partial charge in [-0.2, -0.15) is 0 Å². The number of fused-ring (bicyclic) bond motifs is 21. The molecule has 2 aromatic heterocycles. The molecule has 17 rings (SSSR count). The number of hydrogen-bond donors (Lipinski definition) is 0. The van der Waals surface area contributed by atoms with Crippen LogP contribution in [0.1, 0.15) is 27.8 Å². The lowest BCUT2D eigenvalue weighted by Crippen LogP contribution is -2.37. The van der Waals surface area contributed by atoms with Crippen LogP contribution in [-0.2, 0) is 5.41 Å². The van der Waals surface area contributed by atoms with Crippen LogP contribution in [0.2, 0.25) is 19.6 Å². The number of benzene rings is 13. The van der Waals surface area contributed by atoms with E-state index in [0.717, 1.165) is 78.2 Å². The third-order valence-corrected chi connectivity index (χ3v) is 20.0. The monoisotopic (exact) mass is 1070 g/mol. The van der Waals surface area contributed by atoms with Gasteiger partial charge >= 0.3 is 0 Å². The summed E-state index contributed by atoms with van der Waals surface area (Å²) in [6, 6.07) is 94.6. The molecule has 0 saturated heterocycles. The van der Waals surface area contributed by atoms with Crippen LogP contribution < -0.4 is 15.0 Å². The fourth-order valence-corrected chi connectivity index (χ4v) is 15.9. The maximum atomic E-state index is 7.13. The molecule has 13 aromatic carbocycles. The minimum absolute atomic E-state index is 0.643. The van der Waals surface area contributed by atoms with E-state index in [0.29, 0.717) is 0 Å². The summed E-state index contributed by atoms with van der Waals surface area (Å²) in [5.41, 5.74) is 20.8. The highest BCUT2D eigenvalue weighted by Gasteiger charge is 2.53. The molecule has 4 nitrogen and oxygen atoms in total. The Labute approximate surface area is 476 Å². The number of rotatable bonds is 7. The lowest BCUT2D eigenvalue weighted by Gasteiger charge is -2.32. The van der Waals surface area contributed by atoms with E-state index in [-0.39, 0.29) is 0 Å². The van der Waals surface area contributed by atoms with Crippen molar-refractivity contribution in [2.45, 2.75) is 32.0 Å². The molecule has 2 aliphatic carbocycles. The zero-order valence-electron chi connectivity index (χ0n) is 46.0. The van der Waals surface area contributed by atoms with Crippen LogP contribution in [-0.4, -0.2) is 8.07 Å². The highest BCUT2D eigenvalue weighted by Crippen LogP contribution is 2.66. The summed E-state index contributed by atoms with van der Waals surface area (Å²) in [6.45, 7) is 9.33. The second-order valence-electron chi connectivity index (χ2n) is 23.6. The van der Waals surface area contributed by atoms with Gasteiger partial charge in [-0.25, -0.2) is 0 Å². The Bertz CT molecular complexity index is 5180. The zero-order chi connectivity index (χ0) is 54.6. The Morgan fingerprint density at radius 2 is 0.890 bits per heavy atom. The lowest BCUT2D eigenvalue weighted by atomic mass is 9.69. The number of aryl methyl sites for hydroxylation is 1. The summed E-state index contributed by atoms with van der Waals surface area (Å²) in [4.78, 5) is 4.76. The minimum atomic E-state index is -1.74. The molecule has 0 amide bonds. The predicted molar refractivity (Wildman–Crippen MR) is 347 cm³/mol. The second kappa shape index (κ2) is 17.3. The molecular weight excluding hydrogens is 1010 g/mol. The Morgan fingerprint density at radius 1 is 0.329 bits per heavy atom. The molecule has 0 fully saturated rings. The van der Waals surface area contributed by atoms with E-state index in [2.05, 4.69) is 291 Å². The van der Waals surface area contributed by atoms with Crippen LogP contribution in [0.4, 0.5) is 34.1 Å². The van der Waals surface area contributed by atoms with Gasteiger partial charge in [-0.1, -0.05) is 202 Å². The molecule has 1 spiro atoms. The Kier molecular flexibility index (Phi) is 9.89. The van der Waals surface area contributed by atoms with Crippen molar-refractivity contribution >= 4 is 124 Å². The summed E-state index contributed by atoms with van der Waals surface area (Å²) in [7, 11) is -1.74. The normalized spacial score (nSPS) is 14.4. The van der Waals surface area contributed by atoms with Gasteiger partial charge in [-0.3, -0.25) is 0 Å². The first-order valence-corrected chi connectivity index (χ1v) is 32.1. The fraction of sp³-hybridized carbons (Fsp3) is 0.0649. The first-order valence-electron chi connectivity index (χ1n) is 28.6. The summed E-state index contributed by atoms with van der Waals surface area (Å²) in [5.74, 6) is 0. The number of anilines is 6. The molecule has 2 heterocycles. The van der Waals surface area contributed by atoms with Gasteiger partial charge < -0.3 is 18.6 Å². The van der Waals surface area contributed by atoms with Crippen LogP contribution in [0.25, 0.3) is 98.4 Å². The SMILES string of the molecule is Cc1cccc2c1oc1c(N(c3ccccc3)c3ccc4cc5c(cc4c3)C3(c4ccccc4-c4c3ccc3ccccc43)c3c-5ccc4cc(N(c5ccccc5)c5cccc6c5oc5c([Si](C)(C)C)cccc56)ccc34)cccc12. The van der Waals surface area contributed by atoms with Crippen molar-refractivity contribution in [2.75, 3.05) is 9.80 Å². The fourth-order valence-electron chi connectivity index (χ4n) is 14.5. The molecule has 15 aromatic rings. The maximum Gasteiger partial charge on any atom is 0.159 e. The van der Waals surface area contributed by atoms with E-state index < -0.39 is 13.5 Å². The van der Waals surface area contributed by atoms with Gasteiger partial charge in [-0.15, -0.1) is 0 Å². The standard InChI is InChI=1S/C77H54N2O2Si/c1-47-19-15-27-59-60-28-16-32-68(74(60)80-73(47)59)78(52-21-7-5-8-22-52)54-38-35-49-45-64-58-40-36-50-43-55(79(53-23-9-6-10-24-53)69-33-17-29-61-62-30-18-34-70(82(2,3)4)76(62)81-75(61)69)39-41-57(50)72(58)77(67(64)46-51(49)44-54)65-31-14-13-26-63(65)71-56-25-12-11-20-48(56)37-42-66(71)77/h5-46H,1-4H3. The Balaban J connectivity index is 0.905. The molecule has 388 valence electrons. The smallest absolute Gasteiger partial charge is 0.159 e. The van der Waals surface area contributed by atoms with E-state index in [1.54, 1.807) is 0 Å². The summed E-state index contributed by atoms with van der Waals surface area (Å²) >= 11 is 0. The number of hydrogen-bond acceptors (Lipinski definition) is 4. The largest absolute Gasteiger partial charge is 0.454 e. The predicted octanol–water partition coefficient (Wildman–Crippen LogP) is 21.1. The van der Waals surface area contributed by atoms with Crippen molar-refractivity contribution in [3.05, 3.63) is 283 Å². The summed E-state index contributed by atoms with van der Waals surface area (Å²) < 4.78 is 14.0. The van der Waals surface area contributed by atoms with Crippen molar-refractivity contribution in [1.29, 1.82) is 0 Å². The molecule has 0 saturated carbocycles. The van der Waals surface area contributed by atoms with Gasteiger partial charge in [-0.05, 0) is 167 Å². The molecule has 0 radical (unpaired) electrons. The molecule has 0 N–H and O–H groups in total. The number of para-hydroxylation sites is 6. The van der Waals surface area contributed by atoms with Crippen molar-refractivity contribution in [3.63, 3.8) is 0 Å². The molecule has 1 atom stereocenters. The zero-order valence-corrected chi connectivity index (χ0v) is 47.0. The third-order valence-electron chi connectivity index (χ3n) is 18.0. The molecular formula is C77H54N2O2Si. The number of nitrogens with zero attached hydrogens (tertiary/aromatic N) is 2. The van der Waals surface area contributed by atoms with E-state index >= 15 is 0 Å². The Morgan fingerprint density at radius 3 is 1.61 bits per heavy atom. The average molecular weight is 1070 g/mol. The van der Waals surface area contributed by atoms with E-state index in [9.17, 15) is 0 Å². The van der Waals surface area contributed by atoms with Gasteiger partial charge in [0.05, 0.1) is 24.9 Å². The van der Waals surface area contributed by atoms with Crippen molar-refractivity contribution in [3.8, 4) is 22.3 Å². The molecule has 5 heteroatoms.